The third-order valence-electron chi connectivity index (χ3n) is 5.46. The number of benzene rings is 2. The third kappa shape index (κ3) is 10.3. The summed E-state index contributed by atoms with van der Waals surface area (Å²) in [7, 11) is -4.47. The van der Waals surface area contributed by atoms with E-state index >= 15 is 0 Å². The van der Waals surface area contributed by atoms with Gasteiger partial charge in [0.15, 0.2) is 0 Å². The molecule has 0 heterocycles. The molecular weight excluding hydrogens is 435 g/mol. The van der Waals surface area contributed by atoms with Crippen LogP contribution >= 0.6 is 0 Å². The molecule has 0 spiro atoms. The monoisotopic (exact) mass is 470 g/mol. The van der Waals surface area contributed by atoms with Crippen LogP contribution in [0.1, 0.15) is 83.1 Å². The van der Waals surface area contributed by atoms with E-state index in [0.29, 0.717) is 18.6 Å². The smallest absolute Gasteiger partial charge is 0.870 e. The van der Waals surface area contributed by atoms with Gasteiger partial charge in [-0.3, -0.25) is 4.55 Å². The maximum absolute atomic E-state index is 12.9. The zero-order chi connectivity index (χ0) is 22.5. The summed E-state index contributed by atoms with van der Waals surface area (Å²) < 4.78 is 38.7. The molecule has 0 atom stereocenters. The molecule has 1 N–H and O–H groups in total. The molecule has 0 saturated heterocycles. The summed E-state index contributed by atoms with van der Waals surface area (Å²) in [6, 6.07) is 11.4. The number of hydrogen-bond acceptors (Lipinski definition) is 4. The normalized spacial score (nSPS) is 11.2. The fourth-order valence-corrected chi connectivity index (χ4v) is 4.47. The van der Waals surface area contributed by atoms with Crippen LogP contribution in [0.15, 0.2) is 47.4 Å². The molecule has 0 amide bonds. The molecule has 0 aliphatic heterocycles. The molecule has 7 heteroatoms. The first kappa shape index (κ1) is 29.0. The van der Waals surface area contributed by atoms with Crippen molar-refractivity contribution in [3.63, 3.8) is 0 Å². The van der Waals surface area contributed by atoms with E-state index in [1.165, 1.54) is 57.1 Å². The van der Waals surface area contributed by atoms with Crippen molar-refractivity contribution in [3.05, 3.63) is 48.0 Å². The van der Waals surface area contributed by atoms with Gasteiger partial charge in [0, 0.05) is 0 Å². The van der Waals surface area contributed by atoms with Gasteiger partial charge in [0.05, 0.1) is 4.90 Å². The first-order valence-electron chi connectivity index (χ1n) is 11.5. The third-order valence-corrected chi connectivity index (χ3v) is 6.40. The molecule has 0 aliphatic carbocycles. The Bertz CT molecular complexity index is 885. The van der Waals surface area contributed by atoms with Gasteiger partial charge in [-0.2, -0.15) is 8.42 Å². The topological polar surface area (TPSA) is 86.7 Å². The van der Waals surface area contributed by atoms with Crippen LogP contribution < -0.4 is 39.4 Å². The minimum Gasteiger partial charge on any atom is -0.870 e. The second-order valence-electron chi connectivity index (χ2n) is 8.05. The Morgan fingerprint density at radius 3 is 1.88 bits per heavy atom. The molecule has 2 rings (SSSR count). The van der Waals surface area contributed by atoms with Crippen molar-refractivity contribution in [1.29, 1.82) is 0 Å². The quantitative estimate of drug-likeness (QED) is 0.244. The Labute approximate surface area is 215 Å². The summed E-state index contributed by atoms with van der Waals surface area (Å²) >= 11 is 0. The summed E-state index contributed by atoms with van der Waals surface area (Å²) in [6.07, 6.45) is 13.2. The summed E-state index contributed by atoms with van der Waals surface area (Å²) in [4.78, 5) is -0.315. The van der Waals surface area contributed by atoms with E-state index in [4.69, 9.17) is 4.74 Å². The summed E-state index contributed by atoms with van der Waals surface area (Å²) in [5.41, 5.74) is 0.104. The van der Waals surface area contributed by atoms with Crippen molar-refractivity contribution in [1.82, 2.24) is 0 Å². The van der Waals surface area contributed by atoms with Gasteiger partial charge < -0.3 is 9.84 Å². The van der Waals surface area contributed by atoms with Crippen LogP contribution in [0.5, 0.6) is 17.2 Å². The van der Waals surface area contributed by atoms with Crippen LogP contribution in [0.25, 0.3) is 0 Å². The second kappa shape index (κ2) is 15.7. The van der Waals surface area contributed by atoms with Crippen LogP contribution in [-0.4, -0.2) is 13.0 Å². The van der Waals surface area contributed by atoms with Gasteiger partial charge >= 0.3 is 29.6 Å². The Kier molecular flexibility index (Phi) is 14.2. The van der Waals surface area contributed by atoms with Crippen molar-refractivity contribution in [2.24, 2.45) is 0 Å². The molecule has 2 aromatic carbocycles. The Morgan fingerprint density at radius 2 is 1.34 bits per heavy atom. The van der Waals surface area contributed by atoms with Crippen molar-refractivity contribution in [2.45, 2.75) is 88.9 Å². The molecule has 0 aromatic heterocycles. The average molecular weight is 471 g/mol. The van der Waals surface area contributed by atoms with E-state index in [1.54, 1.807) is 24.3 Å². The van der Waals surface area contributed by atoms with E-state index < -0.39 is 15.9 Å². The standard InChI is InChI=1S/C25H36O5S.Na/c1-2-3-4-5-6-7-8-9-10-11-15-18-22-24(31(27,28)29)20-19-23(25(22)26)30-21-16-13-12-14-17-21;/h12-14,16-17,19-20,26H,2-11,15,18H2,1H3,(H,27,28,29);/q;+1/p-1. The van der Waals surface area contributed by atoms with Crippen molar-refractivity contribution >= 4 is 10.1 Å². The van der Waals surface area contributed by atoms with Gasteiger partial charge in [-0.15, -0.1) is 0 Å². The van der Waals surface area contributed by atoms with Gasteiger partial charge in [-0.25, -0.2) is 0 Å². The van der Waals surface area contributed by atoms with Crippen LogP contribution in [0.4, 0.5) is 0 Å². The largest absolute Gasteiger partial charge is 1.00 e. The van der Waals surface area contributed by atoms with Crippen LogP contribution in [0.2, 0.25) is 0 Å². The van der Waals surface area contributed by atoms with Gasteiger partial charge in [0.25, 0.3) is 10.1 Å². The molecule has 2 aromatic rings. The maximum atomic E-state index is 12.9. The van der Waals surface area contributed by atoms with Gasteiger partial charge in [0.2, 0.25) is 0 Å². The molecule has 0 saturated carbocycles. The Morgan fingerprint density at radius 1 is 0.812 bits per heavy atom. The van der Waals surface area contributed by atoms with Crippen LogP contribution in [0, 0.1) is 0 Å². The molecule has 0 radical (unpaired) electrons. The van der Waals surface area contributed by atoms with Crippen LogP contribution in [0.3, 0.4) is 0 Å². The second-order valence-corrected chi connectivity index (χ2v) is 9.44. The summed E-state index contributed by atoms with van der Waals surface area (Å²) in [5.74, 6) is 0.0857. The SMILES string of the molecule is CCCCCCCCCCCCCc1c(S(=O)(=O)O)ccc(Oc2ccccc2)c1[O-].[Na+]. The zero-order valence-corrected chi connectivity index (χ0v) is 22.3. The van der Waals surface area contributed by atoms with E-state index in [1.807, 2.05) is 6.07 Å². The van der Waals surface area contributed by atoms with Crippen molar-refractivity contribution < 1.29 is 52.4 Å². The molecule has 0 unspecified atom stereocenters. The minimum atomic E-state index is -4.47. The van der Waals surface area contributed by atoms with Gasteiger partial charge in [-0.05, 0) is 42.7 Å². The fraction of sp³-hybridized carbons (Fsp3) is 0.520. The summed E-state index contributed by atoms with van der Waals surface area (Å²) in [5, 5.41) is 12.9. The van der Waals surface area contributed by atoms with Gasteiger partial charge in [-0.1, -0.05) is 95.1 Å². The maximum Gasteiger partial charge on any atom is 1.00 e. The Hall–Kier alpha value is -1.05. The van der Waals surface area contributed by atoms with Crippen molar-refractivity contribution in [2.75, 3.05) is 0 Å². The predicted molar refractivity (Wildman–Crippen MR) is 122 cm³/mol. The molecule has 5 nitrogen and oxygen atoms in total. The van der Waals surface area contributed by atoms with Crippen molar-refractivity contribution in [3.8, 4) is 17.2 Å². The zero-order valence-electron chi connectivity index (χ0n) is 19.5. The molecular formula is C25H35NaO5S. The molecule has 0 aliphatic rings. The molecule has 32 heavy (non-hydrogen) atoms. The van der Waals surface area contributed by atoms with E-state index in [0.717, 1.165) is 19.3 Å². The first-order chi connectivity index (χ1) is 14.9. The predicted octanol–water partition coefficient (Wildman–Crippen LogP) is 3.66. The molecule has 0 fully saturated rings. The van der Waals surface area contributed by atoms with Gasteiger partial charge in [0.1, 0.15) is 11.5 Å². The number of para-hydroxylation sites is 1. The number of ether oxygens (including phenoxy) is 1. The van der Waals surface area contributed by atoms with E-state index in [2.05, 4.69) is 6.92 Å². The van der Waals surface area contributed by atoms with E-state index in [-0.39, 0.29) is 45.8 Å². The average Bonchev–Trinajstić information content (AvgIpc) is 2.74. The summed E-state index contributed by atoms with van der Waals surface area (Å²) in [6.45, 7) is 2.22. The number of rotatable bonds is 15. The molecule has 172 valence electrons. The fourth-order valence-electron chi connectivity index (χ4n) is 3.73. The Balaban J connectivity index is 0.00000512. The number of hydrogen-bond donors (Lipinski definition) is 1. The minimum absolute atomic E-state index is 0. The van der Waals surface area contributed by atoms with E-state index in [9.17, 15) is 18.1 Å². The number of unbranched alkanes of at least 4 members (excludes halogenated alkanes) is 10. The molecule has 0 bridgehead atoms. The first-order valence-corrected chi connectivity index (χ1v) is 12.9. The van der Waals surface area contributed by atoms with Crippen LogP contribution in [-0.2, 0) is 16.5 Å².